The minimum atomic E-state index is -0.189. The van der Waals surface area contributed by atoms with E-state index < -0.39 is 0 Å². The van der Waals surface area contributed by atoms with Gasteiger partial charge in [0.1, 0.15) is 5.84 Å². The van der Waals surface area contributed by atoms with Crippen LogP contribution >= 0.6 is 11.6 Å². The van der Waals surface area contributed by atoms with E-state index in [-0.39, 0.29) is 11.8 Å². The zero-order valence-corrected chi connectivity index (χ0v) is 12.4. The lowest BCUT2D eigenvalue weighted by molar-refractivity contribution is 0.102. The predicted octanol–water partition coefficient (Wildman–Crippen LogP) is 3.47. The maximum absolute atomic E-state index is 12.3. The summed E-state index contributed by atoms with van der Waals surface area (Å²) in [6.07, 6.45) is 0. The van der Waals surface area contributed by atoms with Gasteiger partial charge >= 0.3 is 0 Å². The van der Waals surface area contributed by atoms with Crippen molar-refractivity contribution in [2.24, 2.45) is 10.7 Å². The van der Waals surface area contributed by atoms with E-state index in [1.807, 2.05) is 31.2 Å². The summed E-state index contributed by atoms with van der Waals surface area (Å²) >= 11 is 5.59. The second-order valence-electron chi connectivity index (χ2n) is 4.56. The predicted molar refractivity (Wildman–Crippen MR) is 87.6 cm³/mol. The molecule has 0 bridgehead atoms. The number of hydrogen-bond donors (Lipinski definition) is 2. The Kier molecular flexibility index (Phi) is 4.95. The second-order valence-corrected chi connectivity index (χ2v) is 4.82. The van der Waals surface area contributed by atoms with Crippen molar-refractivity contribution in [1.29, 1.82) is 0 Å². The highest BCUT2D eigenvalue weighted by atomic mass is 35.5. The largest absolute Gasteiger partial charge is 0.386 e. The number of hydrogen-bond acceptors (Lipinski definition) is 2. The number of benzene rings is 2. The lowest BCUT2D eigenvalue weighted by Gasteiger charge is -2.08. The molecule has 3 N–H and O–H groups in total. The molecule has 0 spiro atoms. The van der Waals surface area contributed by atoms with Gasteiger partial charge in [0.15, 0.2) is 0 Å². The normalized spacial score (nSPS) is 11.2. The first kappa shape index (κ1) is 15.1. The third-order valence-electron chi connectivity index (χ3n) is 2.91. The van der Waals surface area contributed by atoms with Gasteiger partial charge in [-0.25, -0.2) is 4.99 Å². The third kappa shape index (κ3) is 4.07. The molecule has 21 heavy (non-hydrogen) atoms. The van der Waals surface area contributed by atoms with Crippen molar-refractivity contribution >= 4 is 34.7 Å². The summed E-state index contributed by atoms with van der Waals surface area (Å²) in [5.41, 5.74) is 8.50. The molecular weight excluding hydrogens is 286 g/mol. The molecule has 2 rings (SSSR count). The number of halogens is 1. The van der Waals surface area contributed by atoms with Crippen LogP contribution in [-0.4, -0.2) is 17.6 Å². The van der Waals surface area contributed by atoms with E-state index in [0.717, 1.165) is 11.3 Å². The van der Waals surface area contributed by atoms with Crippen molar-refractivity contribution in [3.05, 3.63) is 59.7 Å². The Bertz CT molecular complexity index is 683. The van der Waals surface area contributed by atoms with Crippen LogP contribution in [0.5, 0.6) is 0 Å². The van der Waals surface area contributed by atoms with Gasteiger partial charge in [0.2, 0.25) is 0 Å². The van der Waals surface area contributed by atoms with E-state index in [0.29, 0.717) is 17.1 Å². The quantitative estimate of drug-likeness (QED) is 0.516. The molecule has 0 atom stereocenters. The van der Waals surface area contributed by atoms with Gasteiger partial charge in [-0.05, 0) is 36.8 Å². The van der Waals surface area contributed by atoms with Crippen molar-refractivity contribution in [3.63, 3.8) is 0 Å². The van der Waals surface area contributed by atoms with Gasteiger partial charge in [-0.15, -0.1) is 11.6 Å². The number of rotatable bonds is 4. The van der Waals surface area contributed by atoms with E-state index in [9.17, 15) is 4.79 Å². The molecule has 0 heterocycles. The van der Waals surface area contributed by atoms with Crippen LogP contribution in [0.1, 0.15) is 15.9 Å². The lowest BCUT2D eigenvalue weighted by Crippen LogP contribution is -2.13. The number of amidine groups is 1. The number of alkyl halides is 1. The SMILES string of the molecule is Cc1ccccc1NC(=O)c1cccc(N=C(N)CCl)c1. The Morgan fingerprint density at radius 1 is 1.24 bits per heavy atom. The van der Waals surface area contributed by atoms with Crippen LogP contribution in [0.3, 0.4) is 0 Å². The number of carbonyl (C=O) groups is 1. The van der Waals surface area contributed by atoms with Crippen molar-refractivity contribution < 1.29 is 4.79 Å². The number of aliphatic imine (C=N–C) groups is 1. The Morgan fingerprint density at radius 3 is 2.71 bits per heavy atom. The van der Waals surface area contributed by atoms with E-state index in [1.165, 1.54) is 0 Å². The maximum atomic E-state index is 12.3. The molecular formula is C16H16ClN3O. The van der Waals surface area contributed by atoms with Gasteiger partial charge in [-0.2, -0.15) is 0 Å². The average Bonchev–Trinajstić information content (AvgIpc) is 2.49. The molecule has 1 amide bonds. The highest BCUT2D eigenvalue weighted by molar-refractivity contribution is 6.28. The molecule has 0 radical (unpaired) electrons. The number of para-hydroxylation sites is 1. The summed E-state index contributed by atoms with van der Waals surface area (Å²) in [5, 5.41) is 2.88. The van der Waals surface area contributed by atoms with Gasteiger partial charge in [-0.3, -0.25) is 4.79 Å². The minimum absolute atomic E-state index is 0.152. The number of aryl methyl sites for hydroxylation is 1. The molecule has 108 valence electrons. The van der Waals surface area contributed by atoms with Gasteiger partial charge < -0.3 is 11.1 Å². The van der Waals surface area contributed by atoms with Crippen LogP contribution in [0.4, 0.5) is 11.4 Å². The smallest absolute Gasteiger partial charge is 0.255 e. The molecule has 0 fully saturated rings. The number of anilines is 1. The molecule has 0 aliphatic rings. The fourth-order valence-electron chi connectivity index (χ4n) is 1.82. The molecule has 0 aromatic heterocycles. The van der Waals surface area contributed by atoms with Gasteiger partial charge in [0.05, 0.1) is 11.6 Å². The molecule has 2 aromatic carbocycles. The Morgan fingerprint density at radius 2 is 2.00 bits per heavy atom. The zero-order chi connectivity index (χ0) is 15.2. The summed E-state index contributed by atoms with van der Waals surface area (Å²) in [6, 6.07) is 14.5. The third-order valence-corrected chi connectivity index (χ3v) is 3.19. The van der Waals surface area contributed by atoms with Crippen LogP contribution in [0.15, 0.2) is 53.5 Å². The molecule has 2 aromatic rings. The van der Waals surface area contributed by atoms with Gasteiger partial charge in [-0.1, -0.05) is 24.3 Å². The number of amides is 1. The fraction of sp³-hybridized carbons (Fsp3) is 0.125. The highest BCUT2D eigenvalue weighted by Gasteiger charge is 2.08. The molecule has 0 unspecified atom stereocenters. The summed E-state index contributed by atoms with van der Waals surface area (Å²) in [4.78, 5) is 16.4. The van der Waals surface area contributed by atoms with Crippen molar-refractivity contribution in [2.45, 2.75) is 6.92 Å². The van der Waals surface area contributed by atoms with Crippen LogP contribution in [-0.2, 0) is 0 Å². The van der Waals surface area contributed by atoms with Crippen LogP contribution < -0.4 is 11.1 Å². The summed E-state index contributed by atoms with van der Waals surface area (Å²) in [7, 11) is 0. The molecule has 5 heteroatoms. The van der Waals surface area contributed by atoms with Crippen LogP contribution in [0.25, 0.3) is 0 Å². The molecule has 0 saturated carbocycles. The van der Waals surface area contributed by atoms with E-state index in [1.54, 1.807) is 24.3 Å². The first-order valence-electron chi connectivity index (χ1n) is 6.46. The number of carbonyl (C=O) groups excluding carboxylic acids is 1. The van der Waals surface area contributed by atoms with Crippen molar-refractivity contribution in [1.82, 2.24) is 0 Å². The minimum Gasteiger partial charge on any atom is -0.386 e. The first-order chi connectivity index (χ1) is 10.1. The maximum Gasteiger partial charge on any atom is 0.255 e. The highest BCUT2D eigenvalue weighted by Crippen LogP contribution is 2.18. The standard InChI is InChI=1S/C16H16ClN3O/c1-11-5-2-3-8-14(11)20-16(21)12-6-4-7-13(9-12)19-15(18)10-17/h2-9H,10H2,1H3,(H2,18,19)(H,20,21). The van der Waals surface area contributed by atoms with Crippen LogP contribution in [0, 0.1) is 6.92 Å². The topological polar surface area (TPSA) is 67.5 Å². The van der Waals surface area contributed by atoms with Gasteiger partial charge in [0, 0.05) is 11.3 Å². The average molecular weight is 302 g/mol. The summed E-state index contributed by atoms with van der Waals surface area (Å²) < 4.78 is 0. The molecule has 0 aliphatic heterocycles. The zero-order valence-electron chi connectivity index (χ0n) is 11.6. The molecule has 4 nitrogen and oxygen atoms in total. The van der Waals surface area contributed by atoms with Gasteiger partial charge in [0.25, 0.3) is 5.91 Å². The molecule has 0 saturated heterocycles. The van der Waals surface area contributed by atoms with Crippen LogP contribution in [0.2, 0.25) is 0 Å². The van der Waals surface area contributed by atoms with E-state index >= 15 is 0 Å². The summed E-state index contributed by atoms with van der Waals surface area (Å²) in [6.45, 7) is 1.94. The number of nitrogens with two attached hydrogens (primary N) is 1. The number of nitrogens with one attached hydrogen (secondary N) is 1. The Labute approximate surface area is 128 Å². The summed E-state index contributed by atoms with van der Waals surface area (Å²) in [5.74, 6) is 0.276. The Balaban J connectivity index is 2.20. The lowest BCUT2D eigenvalue weighted by atomic mass is 10.1. The second kappa shape index (κ2) is 6.90. The first-order valence-corrected chi connectivity index (χ1v) is 6.99. The van der Waals surface area contributed by atoms with E-state index in [4.69, 9.17) is 17.3 Å². The van der Waals surface area contributed by atoms with E-state index in [2.05, 4.69) is 10.3 Å². The van der Waals surface area contributed by atoms with Crippen molar-refractivity contribution in [2.75, 3.05) is 11.2 Å². The monoisotopic (exact) mass is 301 g/mol. The molecule has 0 aliphatic carbocycles. The Hall–Kier alpha value is -2.33. The van der Waals surface area contributed by atoms with Crippen molar-refractivity contribution in [3.8, 4) is 0 Å². The number of nitrogens with zero attached hydrogens (tertiary/aromatic N) is 1. The fourth-order valence-corrected chi connectivity index (χ4v) is 1.88.